The molecule has 9 nitrogen and oxygen atoms in total. The van der Waals surface area contributed by atoms with E-state index in [1.165, 1.54) is 18.2 Å². The van der Waals surface area contributed by atoms with Crippen LogP contribution in [-0.2, 0) is 12.8 Å². The Hall–Kier alpha value is -2.84. The maximum absolute atomic E-state index is 10.8. The third kappa shape index (κ3) is 2.25. The van der Waals surface area contributed by atoms with Gasteiger partial charge in [-0.05, 0) is 11.1 Å². The van der Waals surface area contributed by atoms with E-state index in [0.717, 1.165) is 0 Å². The second kappa shape index (κ2) is 4.44. The summed E-state index contributed by atoms with van der Waals surface area (Å²) in [7, 11) is 0. The lowest BCUT2D eigenvalue weighted by molar-refractivity contribution is -0.474. The summed E-state index contributed by atoms with van der Waals surface area (Å²) >= 11 is 0. The van der Waals surface area contributed by atoms with Gasteiger partial charge in [0.05, 0.1) is 27.6 Å². The van der Waals surface area contributed by atoms with Gasteiger partial charge in [0.25, 0.3) is 5.69 Å². The third-order valence-electron chi connectivity index (χ3n) is 2.89. The van der Waals surface area contributed by atoms with Gasteiger partial charge in [-0.15, -0.1) is 0 Å². The van der Waals surface area contributed by atoms with E-state index in [9.17, 15) is 30.3 Å². The zero-order valence-electron chi connectivity index (χ0n) is 9.44. The predicted octanol–water partition coefficient (Wildman–Crippen LogP) is 1.46. The van der Waals surface area contributed by atoms with E-state index in [-0.39, 0.29) is 18.5 Å². The first-order chi connectivity index (χ1) is 8.90. The molecule has 0 bridgehead atoms. The number of nitro benzene ring substituents is 1. The van der Waals surface area contributed by atoms with E-state index in [1.807, 2.05) is 0 Å². The van der Waals surface area contributed by atoms with Crippen LogP contribution in [-0.4, -0.2) is 14.8 Å². The largest absolute Gasteiger partial charge is 0.322 e. The molecule has 0 unspecified atom stereocenters. The minimum atomic E-state index is -0.806. The van der Waals surface area contributed by atoms with Crippen LogP contribution in [0.25, 0.3) is 0 Å². The first kappa shape index (κ1) is 12.6. The van der Waals surface area contributed by atoms with Gasteiger partial charge in [-0.3, -0.25) is 30.3 Å². The molecule has 0 saturated heterocycles. The van der Waals surface area contributed by atoms with E-state index in [1.54, 1.807) is 0 Å². The molecule has 1 aliphatic rings. The molecule has 0 spiro atoms. The van der Waals surface area contributed by atoms with Gasteiger partial charge < -0.3 is 0 Å². The van der Waals surface area contributed by atoms with Crippen LogP contribution in [0.1, 0.15) is 11.1 Å². The van der Waals surface area contributed by atoms with Crippen molar-refractivity contribution in [2.24, 2.45) is 0 Å². The highest BCUT2D eigenvalue weighted by molar-refractivity contribution is 5.44. The SMILES string of the molecule is O=[N+]([O-])C1=C([N+](=O)[O-])Cc2cc([N+](=O)[O-])ccc2C1. The fourth-order valence-corrected chi connectivity index (χ4v) is 1.97. The molecular weight excluding hydrogens is 258 g/mol. The van der Waals surface area contributed by atoms with Crippen LogP contribution < -0.4 is 0 Å². The Balaban J connectivity index is 2.49. The first-order valence-electron chi connectivity index (χ1n) is 5.17. The monoisotopic (exact) mass is 265 g/mol. The number of allylic oxidation sites excluding steroid dienone is 2. The predicted molar refractivity (Wildman–Crippen MR) is 61.5 cm³/mol. The summed E-state index contributed by atoms with van der Waals surface area (Å²) in [6.07, 6.45) is -0.475. The number of hydrogen-bond donors (Lipinski definition) is 0. The van der Waals surface area contributed by atoms with Gasteiger partial charge in [0.2, 0.25) is 0 Å². The number of nitro groups is 3. The molecule has 0 heterocycles. The fraction of sp³-hybridized carbons (Fsp3) is 0.200. The molecule has 9 heteroatoms. The molecule has 0 fully saturated rings. The van der Waals surface area contributed by atoms with E-state index in [2.05, 4.69) is 0 Å². The average Bonchev–Trinajstić information content (AvgIpc) is 2.36. The molecule has 2 rings (SSSR count). The highest BCUT2D eigenvalue weighted by atomic mass is 16.6. The normalized spacial score (nSPS) is 13.9. The summed E-state index contributed by atoms with van der Waals surface area (Å²) in [5.41, 5.74) is -0.287. The molecule has 0 radical (unpaired) electrons. The van der Waals surface area contributed by atoms with Gasteiger partial charge in [0.15, 0.2) is 0 Å². The summed E-state index contributed by atoms with van der Waals surface area (Å²) in [5, 5.41) is 32.2. The summed E-state index contributed by atoms with van der Waals surface area (Å²) in [5.74, 6) is 0. The summed E-state index contributed by atoms with van der Waals surface area (Å²) < 4.78 is 0. The molecule has 19 heavy (non-hydrogen) atoms. The lowest BCUT2D eigenvalue weighted by Gasteiger charge is -2.12. The lowest BCUT2D eigenvalue weighted by Crippen LogP contribution is -2.19. The number of fused-ring (bicyclic) bond motifs is 1. The Kier molecular flexibility index (Phi) is 2.95. The molecular formula is C10H7N3O6. The van der Waals surface area contributed by atoms with Gasteiger partial charge in [-0.2, -0.15) is 0 Å². The highest BCUT2D eigenvalue weighted by Crippen LogP contribution is 2.29. The standard InChI is InChI=1S/C10H7N3O6/c14-11(15)8-2-1-6-4-9(12(16)17)10(13(18)19)5-7(6)3-8/h1-3H,4-5H2. The molecule has 0 aliphatic heterocycles. The molecule has 1 aromatic carbocycles. The summed E-state index contributed by atoms with van der Waals surface area (Å²) in [6, 6.07) is 3.84. The van der Waals surface area contributed by atoms with Crippen LogP contribution in [0.5, 0.6) is 0 Å². The van der Waals surface area contributed by atoms with Gasteiger partial charge >= 0.3 is 11.4 Å². The van der Waals surface area contributed by atoms with Gasteiger partial charge in [0, 0.05) is 12.1 Å². The number of hydrogen-bond acceptors (Lipinski definition) is 6. The molecule has 1 aromatic rings. The molecule has 0 amide bonds. The Morgan fingerprint density at radius 2 is 1.32 bits per heavy atom. The van der Waals surface area contributed by atoms with Crippen molar-refractivity contribution in [3.63, 3.8) is 0 Å². The van der Waals surface area contributed by atoms with Crippen LogP contribution in [0.15, 0.2) is 29.6 Å². The Bertz CT molecular complexity index is 636. The summed E-state index contributed by atoms with van der Waals surface area (Å²) in [4.78, 5) is 30.0. The van der Waals surface area contributed by atoms with E-state index in [4.69, 9.17) is 0 Å². The second-order valence-electron chi connectivity index (χ2n) is 3.97. The zero-order valence-corrected chi connectivity index (χ0v) is 9.44. The van der Waals surface area contributed by atoms with Crippen LogP contribution >= 0.6 is 0 Å². The molecule has 0 N–H and O–H groups in total. The van der Waals surface area contributed by atoms with Gasteiger partial charge in [-0.25, -0.2) is 0 Å². The van der Waals surface area contributed by atoms with E-state index in [0.29, 0.717) is 11.1 Å². The van der Waals surface area contributed by atoms with Crippen molar-refractivity contribution >= 4 is 5.69 Å². The minimum Gasteiger partial charge on any atom is -0.258 e. The molecule has 0 atom stereocenters. The smallest absolute Gasteiger partial charge is 0.258 e. The zero-order chi connectivity index (χ0) is 14.2. The van der Waals surface area contributed by atoms with E-state index < -0.39 is 26.2 Å². The van der Waals surface area contributed by atoms with Gasteiger partial charge in [-0.1, -0.05) is 6.07 Å². The number of nitrogens with zero attached hydrogens (tertiary/aromatic N) is 3. The lowest BCUT2D eigenvalue weighted by atomic mass is 9.92. The Morgan fingerprint density at radius 1 is 0.789 bits per heavy atom. The van der Waals surface area contributed by atoms with Crippen LogP contribution in [0.2, 0.25) is 0 Å². The molecule has 0 saturated carbocycles. The van der Waals surface area contributed by atoms with Crippen molar-refractivity contribution in [2.45, 2.75) is 12.8 Å². The maximum atomic E-state index is 10.8. The van der Waals surface area contributed by atoms with Crippen molar-refractivity contribution in [3.8, 4) is 0 Å². The van der Waals surface area contributed by atoms with Crippen LogP contribution in [0, 0.1) is 30.3 Å². The third-order valence-corrected chi connectivity index (χ3v) is 2.89. The average molecular weight is 265 g/mol. The number of rotatable bonds is 3. The molecule has 0 aromatic heterocycles. The van der Waals surface area contributed by atoms with Crippen molar-refractivity contribution in [1.29, 1.82) is 0 Å². The van der Waals surface area contributed by atoms with Crippen molar-refractivity contribution in [1.82, 2.24) is 0 Å². The van der Waals surface area contributed by atoms with Crippen molar-refractivity contribution < 1.29 is 14.8 Å². The quantitative estimate of drug-likeness (QED) is 0.600. The number of non-ortho nitro benzene ring substituents is 1. The van der Waals surface area contributed by atoms with Crippen molar-refractivity contribution in [2.75, 3.05) is 0 Å². The fourth-order valence-electron chi connectivity index (χ4n) is 1.97. The van der Waals surface area contributed by atoms with Crippen LogP contribution in [0.3, 0.4) is 0 Å². The topological polar surface area (TPSA) is 129 Å². The summed E-state index contributed by atoms with van der Waals surface area (Å²) in [6.45, 7) is 0. The Morgan fingerprint density at radius 3 is 1.79 bits per heavy atom. The maximum Gasteiger partial charge on any atom is 0.322 e. The number of benzene rings is 1. The van der Waals surface area contributed by atoms with Crippen molar-refractivity contribution in [3.05, 3.63) is 71.1 Å². The molecule has 98 valence electrons. The molecule has 1 aliphatic carbocycles. The van der Waals surface area contributed by atoms with E-state index >= 15 is 0 Å². The van der Waals surface area contributed by atoms with Gasteiger partial charge in [0.1, 0.15) is 0 Å². The highest BCUT2D eigenvalue weighted by Gasteiger charge is 2.35. The van der Waals surface area contributed by atoms with Crippen LogP contribution in [0.4, 0.5) is 5.69 Å². The minimum absolute atomic E-state index is 0.189. The second-order valence-corrected chi connectivity index (χ2v) is 3.97. The Labute approximate surface area is 105 Å². The first-order valence-corrected chi connectivity index (χ1v) is 5.17.